The highest BCUT2D eigenvalue weighted by Crippen LogP contribution is 2.28. The summed E-state index contributed by atoms with van der Waals surface area (Å²) in [5.41, 5.74) is 1.05. The van der Waals surface area contributed by atoms with Gasteiger partial charge in [0, 0.05) is 26.2 Å². The lowest BCUT2D eigenvalue weighted by Gasteiger charge is -2.39. The van der Waals surface area contributed by atoms with Crippen LogP contribution in [0, 0.1) is 5.82 Å². The molecule has 3 heterocycles. The molecule has 1 amide bonds. The maximum absolute atomic E-state index is 15.0. The number of piperazine rings is 1. The van der Waals surface area contributed by atoms with Crippen molar-refractivity contribution in [3.8, 4) is 0 Å². The molecular weight excluding hydrogens is 473 g/mol. The Kier molecular flexibility index (Phi) is 8.49. The van der Waals surface area contributed by atoms with Crippen molar-refractivity contribution < 1.29 is 13.9 Å². The Morgan fingerprint density at radius 3 is 2.66 bits per heavy atom. The highest BCUT2D eigenvalue weighted by atomic mass is 35.5. The first kappa shape index (κ1) is 24.9. The standard InChI is InChI=1S/C21H28FN5O2S2.ClH/c1-14(30)24-12-16-13-27(21(28)29-16)15-4-5-19(17(22)11-15)25-7-9-26(10-8-25)20(31)18-3-2-6-23-18;/h4-5,11,16,18,23H,2-3,6-10,12-13H2,1H3,(H,24,30);1H. The first-order valence-electron chi connectivity index (χ1n) is 10.7. The van der Waals surface area contributed by atoms with E-state index in [0.29, 0.717) is 48.6 Å². The monoisotopic (exact) mass is 501 g/mol. The number of halogens is 2. The molecule has 3 saturated heterocycles. The number of ether oxygens (including phenoxy) is 1. The van der Waals surface area contributed by atoms with Gasteiger partial charge in [-0.15, -0.1) is 12.4 Å². The zero-order chi connectivity index (χ0) is 22.0. The Labute approximate surface area is 205 Å². The molecule has 3 aliphatic rings. The van der Waals surface area contributed by atoms with Crippen LogP contribution in [0.1, 0.15) is 19.8 Å². The van der Waals surface area contributed by atoms with E-state index in [1.54, 1.807) is 19.1 Å². The average Bonchev–Trinajstić information content (AvgIpc) is 3.42. The van der Waals surface area contributed by atoms with Gasteiger partial charge in [0.2, 0.25) is 0 Å². The maximum Gasteiger partial charge on any atom is 0.414 e. The van der Waals surface area contributed by atoms with Crippen molar-refractivity contribution in [2.24, 2.45) is 0 Å². The number of benzene rings is 1. The van der Waals surface area contributed by atoms with Gasteiger partial charge in [0.1, 0.15) is 11.9 Å². The molecule has 0 bridgehead atoms. The third kappa shape index (κ3) is 5.59. The highest BCUT2D eigenvalue weighted by Gasteiger charge is 2.33. The van der Waals surface area contributed by atoms with E-state index in [1.807, 2.05) is 4.90 Å². The van der Waals surface area contributed by atoms with Crippen molar-refractivity contribution in [3.05, 3.63) is 24.0 Å². The summed E-state index contributed by atoms with van der Waals surface area (Å²) in [5.74, 6) is -0.338. The molecule has 7 nitrogen and oxygen atoms in total. The fourth-order valence-corrected chi connectivity index (χ4v) is 4.77. The molecular formula is C21H29ClFN5O2S2. The Hall–Kier alpha value is -1.75. The topological polar surface area (TPSA) is 60.1 Å². The summed E-state index contributed by atoms with van der Waals surface area (Å²) < 4.78 is 20.3. The molecule has 0 radical (unpaired) electrons. The predicted molar refractivity (Wildman–Crippen MR) is 135 cm³/mol. The zero-order valence-electron chi connectivity index (χ0n) is 18.0. The second-order valence-electron chi connectivity index (χ2n) is 8.15. The molecule has 0 aliphatic carbocycles. The lowest BCUT2D eigenvalue weighted by Crippen LogP contribution is -2.52. The Morgan fingerprint density at radius 2 is 2.03 bits per heavy atom. The van der Waals surface area contributed by atoms with Crippen molar-refractivity contribution in [2.45, 2.75) is 31.9 Å². The van der Waals surface area contributed by atoms with Crippen molar-refractivity contribution in [1.29, 1.82) is 0 Å². The van der Waals surface area contributed by atoms with Crippen LogP contribution in [-0.2, 0) is 4.74 Å². The van der Waals surface area contributed by atoms with Gasteiger partial charge in [-0.25, -0.2) is 9.18 Å². The van der Waals surface area contributed by atoms with Gasteiger partial charge < -0.3 is 25.2 Å². The number of cyclic esters (lactones) is 1. The number of thiocarbonyl (C=S) groups is 2. The molecule has 176 valence electrons. The van der Waals surface area contributed by atoms with Crippen molar-refractivity contribution >= 4 is 64.3 Å². The van der Waals surface area contributed by atoms with Gasteiger partial charge >= 0.3 is 6.09 Å². The number of nitrogens with one attached hydrogen (secondary N) is 2. The van der Waals surface area contributed by atoms with Crippen LogP contribution in [0.25, 0.3) is 0 Å². The molecule has 2 atom stereocenters. The van der Waals surface area contributed by atoms with Crippen LogP contribution < -0.4 is 20.4 Å². The number of anilines is 2. The molecule has 1 aromatic carbocycles. The maximum atomic E-state index is 15.0. The molecule has 4 rings (SSSR count). The van der Waals surface area contributed by atoms with Crippen LogP contribution in [0.15, 0.2) is 18.2 Å². The summed E-state index contributed by atoms with van der Waals surface area (Å²) in [6, 6.07) is 5.23. The van der Waals surface area contributed by atoms with Crippen LogP contribution in [-0.4, -0.2) is 78.9 Å². The summed E-state index contributed by atoms with van der Waals surface area (Å²) >= 11 is 10.6. The Morgan fingerprint density at radius 1 is 1.28 bits per heavy atom. The highest BCUT2D eigenvalue weighted by molar-refractivity contribution is 7.80. The molecule has 2 unspecified atom stereocenters. The normalized spacial score (nSPS) is 23.1. The molecule has 32 heavy (non-hydrogen) atoms. The molecule has 2 N–H and O–H groups in total. The van der Waals surface area contributed by atoms with Crippen LogP contribution in [0.2, 0.25) is 0 Å². The summed E-state index contributed by atoms with van der Waals surface area (Å²) in [7, 11) is 0. The number of rotatable bonds is 5. The predicted octanol–water partition coefficient (Wildman–Crippen LogP) is 2.71. The first-order valence-corrected chi connectivity index (χ1v) is 11.5. The smallest absolute Gasteiger partial charge is 0.414 e. The van der Waals surface area contributed by atoms with E-state index in [1.165, 1.54) is 11.0 Å². The molecule has 3 fully saturated rings. The van der Waals surface area contributed by atoms with Crippen LogP contribution in [0.4, 0.5) is 20.6 Å². The minimum Gasteiger partial charge on any atom is -0.442 e. The molecule has 3 aliphatic heterocycles. The quantitative estimate of drug-likeness (QED) is 0.597. The largest absolute Gasteiger partial charge is 0.442 e. The van der Waals surface area contributed by atoms with Gasteiger partial charge in [-0.05, 0) is 44.5 Å². The van der Waals surface area contributed by atoms with Gasteiger partial charge in [0.05, 0.1) is 40.5 Å². The van der Waals surface area contributed by atoms with Crippen molar-refractivity contribution in [1.82, 2.24) is 15.5 Å². The summed E-state index contributed by atoms with van der Waals surface area (Å²) in [4.78, 5) is 19.6. The van der Waals surface area contributed by atoms with Gasteiger partial charge in [-0.3, -0.25) is 4.90 Å². The van der Waals surface area contributed by atoms with Crippen LogP contribution in [0.3, 0.4) is 0 Å². The second kappa shape index (κ2) is 10.9. The molecule has 11 heteroatoms. The minimum atomic E-state index is -0.469. The van der Waals surface area contributed by atoms with Crippen molar-refractivity contribution in [3.63, 3.8) is 0 Å². The van der Waals surface area contributed by atoms with E-state index in [4.69, 9.17) is 29.2 Å². The average molecular weight is 502 g/mol. The van der Waals surface area contributed by atoms with Crippen molar-refractivity contribution in [2.75, 3.05) is 55.6 Å². The van der Waals surface area contributed by atoms with Crippen LogP contribution >= 0.6 is 36.8 Å². The molecule has 0 spiro atoms. The molecule has 1 aromatic rings. The Bertz CT molecular complexity index is 863. The van der Waals surface area contributed by atoms with E-state index >= 15 is 0 Å². The second-order valence-corrected chi connectivity index (χ2v) is 9.18. The fraction of sp³-hybridized carbons (Fsp3) is 0.571. The summed E-state index contributed by atoms with van der Waals surface area (Å²) in [6.45, 7) is 6.58. The van der Waals surface area contributed by atoms with Gasteiger partial charge in [0.15, 0.2) is 0 Å². The third-order valence-electron chi connectivity index (χ3n) is 5.99. The summed E-state index contributed by atoms with van der Waals surface area (Å²) in [5, 5.41) is 6.45. The number of amides is 1. The lowest BCUT2D eigenvalue weighted by atomic mass is 10.1. The van der Waals surface area contributed by atoms with E-state index < -0.39 is 6.09 Å². The molecule has 0 saturated carbocycles. The first-order chi connectivity index (χ1) is 14.9. The third-order valence-corrected chi connectivity index (χ3v) is 6.67. The summed E-state index contributed by atoms with van der Waals surface area (Å²) in [6.07, 6.45) is 1.47. The minimum absolute atomic E-state index is 0. The number of carbonyl (C=O) groups excluding carboxylic acids is 1. The van der Waals surface area contributed by atoms with E-state index in [-0.39, 0.29) is 24.3 Å². The lowest BCUT2D eigenvalue weighted by molar-refractivity contribution is 0.143. The van der Waals surface area contributed by atoms with Gasteiger partial charge in [-0.2, -0.15) is 0 Å². The van der Waals surface area contributed by atoms with Gasteiger partial charge in [0.25, 0.3) is 0 Å². The van der Waals surface area contributed by atoms with E-state index in [0.717, 1.165) is 37.5 Å². The SMILES string of the molecule is CC(=S)NCC1CN(c2ccc(N3CCN(C(=S)C4CCCN4)CC3)c(F)c2)C(=O)O1.Cl. The molecule has 0 aromatic heterocycles. The van der Waals surface area contributed by atoms with Crippen LogP contribution in [0.5, 0.6) is 0 Å². The van der Waals surface area contributed by atoms with Gasteiger partial charge in [-0.1, -0.05) is 24.4 Å². The number of nitrogens with zero attached hydrogens (tertiary/aromatic N) is 3. The zero-order valence-corrected chi connectivity index (χ0v) is 20.5. The Balaban J connectivity index is 0.00000289. The van der Waals surface area contributed by atoms with E-state index in [2.05, 4.69) is 15.5 Å². The number of hydrogen-bond donors (Lipinski definition) is 2. The van der Waals surface area contributed by atoms with E-state index in [9.17, 15) is 9.18 Å². The number of carbonyl (C=O) groups is 1. The fourth-order valence-electron chi connectivity index (χ4n) is 4.30. The number of hydrogen-bond acceptors (Lipinski definition) is 6.